The second kappa shape index (κ2) is 7.51. The summed E-state index contributed by atoms with van der Waals surface area (Å²) in [5.41, 5.74) is 1.34. The number of hydrogen-bond donors (Lipinski definition) is 0. The molecule has 1 fully saturated rings. The Morgan fingerprint density at radius 3 is 2.30 bits per heavy atom. The van der Waals surface area contributed by atoms with Crippen LogP contribution in [0, 0.1) is 0 Å². The molecule has 0 atom stereocenters. The van der Waals surface area contributed by atoms with Crippen LogP contribution in [0.25, 0.3) is 22.9 Å². The number of aromatic nitrogens is 2. The second-order valence-electron chi connectivity index (χ2n) is 5.96. The Kier molecular flexibility index (Phi) is 5.09. The van der Waals surface area contributed by atoms with Gasteiger partial charge in [-0.1, -0.05) is 22.0 Å². The summed E-state index contributed by atoms with van der Waals surface area (Å²) in [7, 11) is -3.58. The standard InChI is InChI=1S/C18H16BrN3O4S/c19-15-6-4-13(5-7-15)17-20-21-18(26-17)14-2-1-3-16(12-14)27(23,24)22-8-10-25-11-9-22/h1-7,12H,8-11H2. The maximum atomic E-state index is 12.8. The van der Waals surface area contributed by atoms with Crippen molar-refractivity contribution in [1.82, 2.24) is 14.5 Å². The third-order valence-corrected chi connectivity index (χ3v) is 6.63. The Labute approximate surface area is 165 Å². The zero-order chi connectivity index (χ0) is 18.9. The molecule has 1 aromatic heterocycles. The van der Waals surface area contributed by atoms with Gasteiger partial charge in [0.2, 0.25) is 21.8 Å². The molecule has 7 nitrogen and oxygen atoms in total. The fourth-order valence-electron chi connectivity index (χ4n) is 2.77. The van der Waals surface area contributed by atoms with Gasteiger partial charge in [-0.05, 0) is 42.5 Å². The van der Waals surface area contributed by atoms with Crippen LogP contribution in [0.15, 0.2) is 62.3 Å². The predicted octanol–water partition coefficient (Wildman–Crippen LogP) is 3.19. The van der Waals surface area contributed by atoms with Crippen molar-refractivity contribution in [2.75, 3.05) is 26.3 Å². The van der Waals surface area contributed by atoms with Crippen LogP contribution in [-0.4, -0.2) is 49.2 Å². The number of benzene rings is 2. The molecule has 140 valence electrons. The van der Waals surface area contributed by atoms with E-state index in [4.69, 9.17) is 9.15 Å². The predicted molar refractivity (Wildman–Crippen MR) is 102 cm³/mol. The quantitative estimate of drug-likeness (QED) is 0.607. The van der Waals surface area contributed by atoms with E-state index in [-0.39, 0.29) is 10.8 Å². The lowest BCUT2D eigenvalue weighted by atomic mass is 10.2. The van der Waals surface area contributed by atoms with E-state index in [2.05, 4.69) is 26.1 Å². The molecule has 0 amide bonds. The van der Waals surface area contributed by atoms with Crippen molar-refractivity contribution in [3.05, 3.63) is 53.0 Å². The molecule has 1 saturated heterocycles. The SMILES string of the molecule is O=S(=O)(c1cccc(-c2nnc(-c3ccc(Br)cc3)o2)c1)N1CCOCC1. The summed E-state index contributed by atoms with van der Waals surface area (Å²) in [6.07, 6.45) is 0. The Bertz CT molecular complexity index is 1040. The van der Waals surface area contributed by atoms with Crippen LogP contribution in [0.2, 0.25) is 0 Å². The molecule has 0 unspecified atom stereocenters. The Balaban J connectivity index is 1.64. The summed E-state index contributed by atoms with van der Waals surface area (Å²) in [5, 5.41) is 8.13. The zero-order valence-corrected chi connectivity index (χ0v) is 16.6. The normalized spacial score (nSPS) is 15.7. The van der Waals surface area contributed by atoms with Gasteiger partial charge >= 0.3 is 0 Å². The largest absolute Gasteiger partial charge is 0.416 e. The number of halogens is 1. The molecule has 27 heavy (non-hydrogen) atoms. The second-order valence-corrected chi connectivity index (χ2v) is 8.82. The van der Waals surface area contributed by atoms with Crippen molar-refractivity contribution in [2.24, 2.45) is 0 Å². The lowest BCUT2D eigenvalue weighted by molar-refractivity contribution is 0.0730. The van der Waals surface area contributed by atoms with Gasteiger partial charge in [0.05, 0.1) is 18.1 Å². The molecule has 1 aliphatic rings. The molecule has 3 aromatic rings. The van der Waals surface area contributed by atoms with Crippen LogP contribution in [0.4, 0.5) is 0 Å². The fraction of sp³-hybridized carbons (Fsp3) is 0.222. The summed E-state index contributed by atoms with van der Waals surface area (Å²) in [6.45, 7) is 1.50. The minimum absolute atomic E-state index is 0.199. The van der Waals surface area contributed by atoms with Crippen LogP contribution in [0.3, 0.4) is 0 Å². The first-order valence-electron chi connectivity index (χ1n) is 8.32. The summed E-state index contributed by atoms with van der Waals surface area (Å²) in [6, 6.07) is 14.0. The van der Waals surface area contributed by atoms with Crippen molar-refractivity contribution in [2.45, 2.75) is 4.90 Å². The van der Waals surface area contributed by atoms with Crippen molar-refractivity contribution in [3.63, 3.8) is 0 Å². The molecule has 0 N–H and O–H groups in total. The first-order valence-corrected chi connectivity index (χ1v) is 10.6. The highest BCUT2D eigenvalue weighted by Crippen LogP contribution is 2.27. The van der Waals surface area contributed by atoms with E-state index < -0.39 is 10.0 Å². The molecular formula is C18H16BrN3O4S. The minimum Gasteiger partial charge on any atom is -0.416 e. The van der Waals surface area contributed by atoms with E-state index in [9.17, 15) is 8.42 Å². The van der Waals surface area contributed by atoms with Crippen LogP contribution in [0.1, 0.15) is 0 Å². The highest BCUT2D eigenvalue weighted by atomic mass is 79.9. The summed E-state index contributed by atoms with van der Waals surface area (Å²) < 4.78 is 39.0. The topological polar surface area (TPSA) is 85.5 Å². The average Bonchev–Trinajstić information content (AvgIpc) is 3.20. The fourth-order valence-corrected chi connectivity index (χ4v) is 4.49. The highest BCUT2D eigenvalue weighted by Gasteiger charge is 2.26. The molecule has 0 bridgehead atoms. The van der Waals surface area contributed by atoms with Crippen LogP contribution in [-0.2, 0) is 14.8 Å². The highest BCUT2D eigenvalue weighted by molar-refractivity contribution is 9.10. The molecule has 1 aliphatic heterocycles. The molecular weight excluding hydrogens is 434 g/mol. The third-order valence-electron chi connectivity index (χ3n) is 4.20. The lowest BCUT2D eigenvalue weighted by Gasteiger charge is -2.26. The van der Waals surface area contributed by atoms with Gasteiger partial charge in [0.1, 0.15) is 0 Å². The number of rotatable bonds is 4. The molecule has 0 spiro atoms. The number of hydrogen-bond acceptors (Lipinski definition) is 6. The first kappa shape index (κ1) is 18.3. The number of sulfonamides is 1. The van der Waals surface area contributed by atoms with Gasteiger partial charge in [0, 0.05) is 28.7 Å². The Morgan fingerprint density at radius 1 is 0.926 bits per heavy atom. The van der Waals surface area contributed by atoms with Crippen LogP contribution in [0.5, 0.6) is 0 Å². The molecule has 0 radical (unpaired) electrons. The number of ether oxygens (including phenoxy) is 1. The van der Waals surface area contributed by atoms with E-state index in [1.807, 2.05) is 24.3 Å². The van der Waals surface area contributed by atoms with Gasteiger partial charge < -0.3 is 9.15 Å². The molecule has 0 saturated carbocycles. The molecule has 9 heteroatoms. The molecule has 4 rings (SSSR count). The van der Waals surface area contributed by atoms with Gasteiger partial charge in [-0.2, -0.15) is 4.31 Å². The molecule has 0 aliphatic carbocycles. The van der Waals surface area contributed by atoms with Crippen LogP contribution < -0.4 is 0 Å². The van der Waals surface area contributed by atoms with E-state index in [0.29, 0.717) is 37.8 Å². The molecule has 2 aromatic carbocycles. The van der Waals surface area contributed by atoms with Gasteiger partial charge in [0.25, 0.3) is 0 Å². The minimum atomic E-state index is -3.58. The monoisotopic (exact) mass is 449 g/mol. The van der Waals surface area contributed by atoms with Crippen molar-refractivity contribution >= 4 is 26.0 Å². The Hall–Kier alpha value is -2.07. The van der Waals surface area contributed by atoms with E-state index in [1.165, 1.54) is 4.31 Å². The lowest BCUT2D eigenvalue weighted by Crippen LogP contribution is -2.40. The summed E-state index contributed by atoms with van der Waals surface area (Å²) >= 11 is 3.38. The summed E-state index contributed by atoms with van der Waals surface area (Å²) in [4.78, 5) is 0.199. The van der Waals surface area contributed by atoms with Gasteiger partial charge in [-0.15, -0.1) is 10.2 Å². The van der Waals surface area contributed by atoms with E-state index >= 15 is 0 Å². The maximum absolute atomic E-state index is 12.8. The smallest absolute Gasteiger partial charge is 0.248 e. The zero-order valence-electron chi connectivity index (χ0n) is 14.2. The van der Waals surface area contributed by atoms with E-state index in [1.54, 1.807) is 24.3 Å². The van der Waals surface area contributed by atoms with Crippen molar-refractivity contribution in [3.8, 4) is 22.9 Å². The van der Waals surface area contributed by atoms with Gasteiger partial charge in [0.15, 0.2) is 0 Å². The van der Waals surface area contributed by atoms with E-state index in [0.717, 1.165) is 10.0 Å². The van der Waals surface area contributed by atoms with Crippen LogP contribution >= 0.6 is 15.9 Å². The van der Waals surface area contributed by atoms with Gasteiger partial charge in [-0.3, -0.25) is 0 Å². The average molecular weight is 450 g/mol. The number of morpholine rings is 1. The first-order chi connectivity index (χ1) is 13.0. The Morgan fingerprint density at radius 2 is 1.59 bits per heavy atom. The molecule has 2 heterocycles. The third kappa shape index (κ3) is 3.81. The van der Waals surface area contributed by atoms with Crippen molar-refractivity contribution < 1.29 is 17.6 Å². The van der Waals surface area contributed by atoms with Crippen molar-refractivity contribution in [1.29, 1.82) is 0 Å². The summed E-state index contributed by atoms with van der Waals surface area (Å²) in [5.74, 6) is 0.644. The number of nitrogens with zero attached hydrogens (tertiary/aromatic N) is 3. The maximum Gasteiger partial charge on any atom is 0.248 e. The van der Waals surface area contributed by atoms with Gasteiger partial charge in [-0.25, -0.2) is 8.42 Å².